The molecule has 8 rings (SSSR count). The number of rotatable bonds is 2. The van der Waals surface area contributed by atoms with Gasteiger partial charge in [-0.2, -0.15) is 0 Å². The Morgan fingerprint density at radius 1 is 0.265 bits per heavy atom. The molecule has 156 valence electrons. The van der Waals surface area contributed by atoms with Crippen molar-refractivity contribution in [3.8, 4) is 22.3 Å². The normalized spacial score (nSPS) is 12.1. The van der Waals surface area contributed by atoms with Gasteiger partial charge >= 0.3 is 0 Å². The molecule has 0 heterocycles. The van der Waals surface area contributed by atoms with E-state index in [2.05, 4.69) is 121 Å². The summed E-state index contributed by atoms with van der Waals surface area (Å²) in [4.78, 5) is 0. The molecule has 8 aromatic rings. The lowest BCUT2D eigenvalue weighted by molar-refractivity contribution is 1.67. The molecule has 0 unspecified atom stereocenters. The quantitative estimate of drug-likeness (QED) is 0.190. The van der Waals surface area contributed by atoms with Crippen LogP contribution in [-0.4, -0.2) is 0 Å². The van der Waals surface area contributed by atoms with Gasteiger partial charge < -0.3 is 0 Å². The molecule has 0 atom stereocenters. The average Bonchev–Trinajstić information content (AvgIpc) is 2.91. The van der Waals surface area contributed by atoms with E-state index in [1.54, 1.807) is 0 Å². The van der Waals surface area contributed by atoms with Crippen molar-refractivity contribution in [2.75, 3.05) is 0 Å². The summed E-state index contributed by atoms with van der Waals surface area (Å²) < 4.78 is 0. The average molecular weight is 429 g/mol. The number of benzene rings is 8. The van der Waals surface area contributed by atoms with Crippen molar-refractivity contribution >= 4 is 53.9 Å². The predicted molar refractivity (Wildman–Crippen MR) is 147 cm³/mol. The summed E-state index contributed by atoms with van der Waals surface area (Å²) in [6.45, 7) is 0. The van der Waals surface area contributed by atoms with E-state index in [-0.39, 0.29) is 0 Å². The molecule has 0 amide bonds. The minimum absolute atomic E-state index is 1.27. The van der Waals surface area contributed by atoms with E-state index in [9.17, 15) is 0 Å². The van der Waals surface area contributed by atoms with Crippen molar-refractivity contribution in [1.29, 1.82) is 0 Å². The maximum Gasteiger partial charge on any atom is -0.000741 e. The summed E-state index contributed by atoms with van der Waals surface area (Å²) in [5.41, 5.74) is 5.23. The lowest BCUT2D eigenvalue weighted by Crippen LogP contribution is -1.95. The van der Waals surface area contributed by atoms with Gasteiger partial charge in [-0.1, -0.05) is 121 Å². The lowest BCUT2D eigenvalue weighted by atomic mass is 9.80. The summed E-state index contributed by atoms with van der Waals surface area (Å²) in [7, 11) is 0. The summed E-state index contributed by atoms with van der Waals surface area (Å²) in [6, 6.07) is 44.6. The molecule has 0 nitrogen and oxygen atoms in total. The molecule has 0 fully saturated rings. The molecule has 0 saturated carbocycles. The van der Waals surface area contributed by atoms with Crippen LogP contribution in [0, 0.1) is 0 Å². The molecule has 0 saturated heterocycles. The van der Waals surface area contributed by atoms with Crippen molar-refractivity contribution < 1.29 is 0 Å². The Labute approximate surface area is 197 Å². The second-order valence-corrected chi connectivity index (χ2v) is 9.27. The number of hydrogen-bond acceptors (Lipinski definition) is 0. The molecule has 0 aliphatic carbocycles. The standard InChI is InChI=1S/C34H20/c1-3-9-21(10-4-1)29-25-15-7-13-23-18-20-28-30(22-11-5-2-6-12-22)26-16-8-14-24-17-19-27(29)33(32(24)26)34(28)31(23)25/h1-20H. The largest absolute Gasteiger partial charge is 0.0622 e. The summed E-state index contributed by atoms with van der Waals surface area (Å²) in [5, 5.41) is 13.5. The van der Waals surface area contributed by atoms with Crippen LogP contribution < -0.4 is 0 Å². The molecule has 0 aliphatic rings. The molecular formula is C34H20. The van der Waals surface area contributed by atoms with E-state index in [1.807, 2.05) is 0 Å². The fraction of sp³-hybridized carbons (Fsp3) is 0. The van der Waals surface area contributed by atoms with Gasteiger partial charge in [-0.15, -0.1) is 0 Å². The summed E-state index contributed by atoms with van der Waals surface area (Å²) in [5.74, 6) is 0. The van der Waals surface area contributed by atoms with Gasteiger partial charge in [0.1, 0.15) is 0 Å². The van der Waals surface area contributed by atoms with E-state index in [1.165, 1.54) is 76.1 Å². The Morgan fingerprint density at radius 3 is 1.12 bits per heavy atom. The van der Waals surface area contributed by atoms with E-state index in [4.69, 9.17) is 0 Å². The van der Waals surface area contributed by atoms with Crippen LogP contribution in [0.1, 0.15) is 0 Å². The Balaban J connectivity index is 1.75. The smallest absolute Gasteiger partial charge is 0.000741 e. The van der Waals surface area contributed by atoms with Crippen molar-refractivity contribution in [2.45, 2.75) is 0 Å². The number of hydrogen-bond donors (Lipinski definition) is 0. The van der Waals surface area contributed by atoms with Crippen molar-refractivity contribution in [2.24, 2.45) is 0 Å². The van der Waals surface area contributed by atoms with Crippen LogP contribution in [0.5, 0.6) is 0 Å². The molecule has 0 aromatic heterocycles. The zero-order valence-electron chi connectivity index (χ0n) is 18.5. The summed E-state index contributed by atoms with van der Waals surface area (Å²) in [6.07, 6.45) is 0. The third-order valence-corrected chi connectivity index (χ3v) is 7.54. The SMILES string of the molecule is c1ccc(-c2c3cccc4ccc5c(-c6ccccc6)c6cccc7ccc2c(c76)c5c43)cc1. The maximum atomic E-state index is 2.34. The molecule has 34 heavy (non-hydrogen) atoms. The van der Waals surface area contributed by atoms with Crippen molar-refractivity contribution in [1.82, 2.24) is 0 Å². The molecule has 8 aromatic carbocycles. The molecule has 0 N–H and O–H groups in total. The minimum Gasteiger partial charge on any atom is -0.0622 e. The third-order valence-electron chi connectivity index (χ3n) is 7.54. The van der Waals surface area contributed by atoms with Gasteiger partial charge in [0.15, 0.2) is 0 Å². The van der Waals surface area contributed by atoms with Crippen LogP contribution in [0.15, 0.2) is 121 Å². The zero-order chi connectivity index (χ0) is 22.2. The van der Waals surface area contributed by atoms with Crippen LogP contribution in [0.2, 0.25) is 0 Å². The molecule has 0 spiro atoms. The van der Waals surface area contributed by atoms with Gasteiger partial charge in [-0.25, -0.2) is 0 Å². The molecule has 0 bridgehead atoms. The van der Waals surface area contributed by atoms with Crippen LogP contribution in [-0.2, 0) is 0 Å². The van der Waals surface area contributed by atoms with Gasteiger partial charge in [0.05, 0.1) is 0 Å². The highest BCUT2D eigenvalue weighted by molar-refractivity contribution is 6.42. The predicted octanol–water partition coefficient (Wildman–Crippen LogP) is 9.66. The minimum atomic E-state index is 1.27. The van der Waals surface area contributed by atoms with E-state index < -0.39 is 0 Å². The molecule has 0 aliphatic heterocycles. The first-order chi connectivity index (χ1) is 16.9. The van der Waals surface area contributed by atoms with Crippen LogP contribution in [0.3, 0.4) is 0 Å². The van der Waals surface area contributed by atoms with Gasteiger partial charge in [-0.05, 0) is 76.1 Å². The van der Waals surface area contributed by atoms with E-state index in [0.717, 1.165) is 0 Å². The zero-order valence-corrected chi connectivity index (χ0v) is 18.5. The highest BCUT2D eigenvalue weighted by Crippen LogP contribution is 2.51. The molecular weight excluding hydrogens is 408 g/mol. The van der Waals surface area contributed by atoms with Crippen LogP contribution >= 0.6 is 0 Å². The van der Waals surface area contributed by atoms with Gasteiger partial charge in [0.2, 0.25) is 0 Å². The second kappa shape index (κ2) is 6.56. The first-order valence-corrected chi connectivity index (χ1v) is 11.9. The Bertz CT molecular complexity index is 1830. The van der Waals surface area contributed by atoms with E-state index >= 15 is 0 Å². The summed E-state index contributed by atoms with van der Waals surface area (Å²) >= 11 is 0. The first-order valence-electron chi connectivity index (χ1n) is 11.9. The van der Waals surface area contributed by atoms with Gasteiger partial charge in [-0.3, -0.25) is 0 Å². The topological polar surface area (TPSA) is 0 Å². The highest BCUT2D eigenvalue weighted by Gasteiger charge is 2.22. The second-order valence-electron chi connectivity index (χ2n) is 9.27. The van der Waals surface area contributed by atoms with Crippen LogP contribution in [0.4, 0.5) is 0 Å². The van der Waals surface area contributed by atoms with Crippen molar-refractivity contribution in [3.63, 3.8) is 0 Å². The Hall–Kier alpha value is -4.42. The van der Waals surface area contributed by atoms with E-state index in [0.29, 0.717) is 0 Å². The molecule has 0 heteroatoms. The van der Waals surface area contributed by atoms with Gasteiger partial charge in [0.25, 0.3) is 0 Å². The van der Waals surface area contributed by atoms with Crippen LogP contribution in [0.25, 0.3) is 76.1 Å². The van der Waals surface area contributed by atoms with Crippen molar-refractivity contribution in [3.05, 3.63) is 121 Å². The lowest BCUT2D eigenvalue weighted by Gasteiger charge is -2.23. The first kappa shape index (κ1) is 18.1. The Morgan fingerprint density at radius 2 is 0.676 bits per heavy atom. The van der Waals surface area contributed by atoms with Gasteiger partial charge in [0, 0.05) is 0 Å². The third kappa shape index (κ3) is 2.23. The fourth-order valence-electron chi connectivity index (χ4n) is 6.23. The maximum absolute atomic E-state index is 2.34. The fourth-order valence-corrected chi connectivity index (χ4v) is 6.23. The monoisotopic (exact) mass is 428 g/mol. The molecule has 0 radical (unpaired) electrons. The highest BCUT2D eigenvalue weighted by atomic mass is 14.2. The Kier molecular flexibility index (Phi) is 3.48.